The summed E-state index contributed by atoms with van der Waals surface area (Å²) < 4.78 is 5.31. The normalized spacial score (nSPS) is 11.0. The van der Waals surface area contributed by atoms with E-state index < -0.39 is 0 Å². The summed E-state index contributed by atoms with van der Waals surface area (Å²) in [7, 11) is 0. The molecular weight excluding hydrogens is 397 g/mol. The average Bonchev–Trinajstić information content (AvgIpc) is 3.07. The molecule has 0 aliphatic rings. The summed E-state index contributed by atoms with van der Waals surface area (Å²) in [6.45, 7) is 6.57. The van der Waals surface area contributed by atoms with Crippen LogP contribution in [0.4, 0.5) is 0 Å². The zero-order valence-electron chi connectivity index (χ0n) is 12.4. The van der Waals surface area contributed by atoms with Gasteiger partial charge in [0.1, 0.15) is 5.76 Å². The van der Waals surface area contributed by atoms with Crippen molar-refractivity contribution in [2.24, 2.45) is 4.99 Å². The van der Waals surface area contributed by atoms with Crippen LogP contribution in [0.1, 0.15) is 22.4 Å². The molecule has 0 amide bonds. The molecule has 2 aromatic rings. The molecule has 0 saturated carbocycles. The molecule has 0 unspecified atom stereocenters. The molecule has 0 bridgehead atoms. The molecule has 0 saturated heterocycles. The minimum absolute atomic E-state index is 0. The molecule has 116 valence electrons. The van der Waals surface area contributed by atoms with Crippen LogP contribution in [0.2, 0.25) is 0 Å². The number of furan rings is 1. The summed E-state index contributed by atoms with van der Waals surface area (Å²) in [4.78, 5) is 7.20. The lowest BCUT2D eigenvalue weighted by Crippen LogP contribution is -2.38. The molecule has 2 aromatic heterocycles. The van der Waals surface area contributed by atoms with Gasteiger partial charge >= 0.3 is 0 Å². The SMILES string of the molecule is CCNC(=NCc1ccc(C)s1)NCCc1ccco1.I. The quantitative estimate of drug-likeness (QED) is 0.428. The van der Waals surface area contributed by atoms with E-state index in [1.54, 1.807) is 17.6 Å². The van der Waals surface area contributed by atoms with Crippen LogP contribution >= 0.6 is 35.3 Å². The fraction of sp³-hybridized carbons (Fsp3) is 0.400. The molecule has 6 heteroatoms. The molecule has 4 nitrogen and oxygen atoms in total. The van der Waals surface area contributed by atoms with Crippen molar-refractivity contribution in [2.45, 2.75) is 26.8 Å². The van der Waals surface area contributed by atoms with Crippen molar-refractivity contribution >= 4 is 41.3 Å². The molecule has 0 fully saturated rings. The van der Waals surface area contributed by atoms with Gasteiger partial charge in [-0.3, -0.25) is 0 Å². The predicted molar refractivity (Wildman–Crippen MR) is 99.7 cm³/mol. The van der Waals surface area contributed by atoms with Crippen molar-refractivity contribution in [1.82, 2.24) is 10.6 Å². The van der Waals surface area contributed by atoms with Gasteiger partial charge in [0.15, 0.2) is 5.96 Å². The summed E-state index contributed by atoms with van der Waals surface area (Å²) in [5, 5.41) is 6.57. The zero-order chi connectivity index (χ0) is 14.2. The highest BCUT2D eigenvalue weighted by molar-refractivity contribution is 14.0. The Morgan fingerprint density at radius 2 is 2.14 bits per heavy atom. The van der Waals surface area contributed by atoms with E-state index in [0.717, 1.165) is 31.2 Å². The lowest BCUT2D eigenvalue weighted by molar-refractivity contribution is 0.507. The summed E-state index contributed by atoms with van der Waals surface area (Å²) >= 11 is 1.79. The number of nitrogens with one attached hydrogen (secondary N) is 2. The number of guanidine groups is 1. The van der Waals surface area contributed by atoms with Gasteiger partial charge in [0.25, 0.3) is 0 Å². The monoisotopic (exact) mass is 419 g/mol. The summed E-state index contributed by atoms with van der Waals surface area (Å²) in [6, 6.07) is 8.16. The molecule has 0 radical (unpaired) electrons. The van der Waals surface area contributed by atoms with Crippen LogP contribution < -0.4 is 10.6 Å². The van der Waals surface area contributed by atoms with E-state index in [-0.39, 0.29) is 24.0 Å². The van der Waals surface area contributed by atoms with Crippen molar-refractivity contribution in [3.05, 3.63) is 46.0 Å². The van der Waals surface area contributed by atoms with Crippen molar-refractivity contribution in [2.75, 3.05) is 13.1 Å². The lowest BCUT2D eigenvalue weighted by Gasteiger charge is -2.10. The van der Waals surface area contributed by atoms with Crippen molar-refractivity contribution in [3.63, 3.8) is 0 Å². The highest BCUT2D eigenvalue weighted by Gasteiger charge is 2.00. The molecule has 2 N–H and O–H groups in total. The van der Waals surface area contributed by atoms with Crippen molar-refractivity contribution in [1.29, 1.82) is 0 Å². The standard InChI is InChI=1S/C15H21N3OS.HI/c1-3-16-15(17-9-8-13-5-4-10-19-13)18-11-14-7-6-12(2)20-14;/h4-7,10H,3,8-9,11H2,1-2H3,(H2,16,17,18);1H. The van der Waals surface area contributed by atoms with E-state index in [1.165, 1.54) is 9.75 Å². The number of halogens is 1. The molecule has 2 rings (SSSR count). The molecule has 0 aliphatic heterocycles. The molecule has 0 atom stereocenters. The summed E-state index contributed by atoms with van der Waals surface area (Å²) in [6.07, 6.45) is 2.56. The number of aliphatic imine (C=N–C) groups is 1. The minimum atomic E-state index is 0. The number of hydrogen-bond donors (Lipinski definition) is 2. The van der Waals surface area contributed by atoms with Crippen molar-refractivity contribution in [3.8, 4) is 0 Å². The zero-order valence-corrected chi connectivity index (χ0v) is 15.5. The second-order valence-electron chi connectivity index (χ2n) is 4.46. The van der Waals surface area contributed by atoms with E-state index in [4.69, 9.17) is 4.42 Å². The van der Waals surface area contributed by atoms with Crippen LogP contribution in [0.5, 0.6) is 0 Å². The average molecular weight is 419 g/mol. The number of rotatable bonds is 6. The van der Waals surface area contributed by atoms with Gasteiger partial charge in [-0.15, -0.1) is 35.3 Å². The fourth-order valence-corrected chi connectivity index (χ4v) is 2.64. The first-order valence-corrected chi connectivity index (χ1v) is 7.69. The third kappa shape index (κ3) is 6.52. The minimum Gasteiger partial charge on any atom is -0.469 e. The van der Waals surface area contributed by atoms with Gasteiger partial charge in [-0.05, 0) is 38.1 Å². The first-order chi connectivity index (χ1) is 9.78. The van der Waals surface area contributed by atoms with E-state index >= 15 is 0 Å². The van der Waals surface area contributed by atoms with Gasteiger partial charge in [0.2, 0.25) is 0 Å². The van der Waals surface area contributed by atoms with Crippen LogP contribution in [0, 0.1) is 6.92 Å². The topological polar surface area (TPSA) is 49.6 Å². The van der Waals surface area contributed by atoms with E-state index in [9.17, 15) is 0 Å². The van der Waals surface area contributed by atoms with Gasteiger partial charge in [0, 0.05) is 29.3 Å². The van der Waals surface area contributed by atoms with E-state index in [2.05, 4.69) is 41.6 Å². The maximum atomic E-state index is 5.31. The van der Waals surface area contributed by atoms with Gasteiger partial charge < -0.3 is 15.1 Å². The Hall–Kier alpha value is -1.02. The summed E-state index contributed by atoms with van der Waals surface area (Å²) in [5.74, 6) is 1.84. The van der Waals surface area contributed by atoms with Crippen LogP contribution in [-0.2, 0) is 13.0 Å². The number of hydrogen-bond acceptors (Lipinski definition) is 3. The Bertz CT molecular complexity index is 537. The second kappa shape index (κ2) is 9.83. The molecule has 0 aromatic carbocycles. The third-order valence-electron chi connectivity index (χ3n) is 2.78. The Morgan fingerprint density at radius 3 is 2.76 bits per heavy atom. The Balaban J connectivity index is 0.00000220. The highest BCUT2D eigenvalue weighted by Crippen LogP contribution is 2.15. The number of nitrogens with zero attached hydrogens (tertiary/aromatic N) is 1. The Kier molecular flexibility index (Phi) is 8.44. The van der Waals surface area contributed by atoms with Crippen molar-refractivity contribution < 1.29 is 4.42 Å². The van der Waals surface area contributed by atoms with Crippen LogP contribution in [0.15, 0.2) is 39.9 Å². The van der Waals surface area contributed by atoms with Gasteiger partial charge in [-0.25, -0.2) is 4.99 Å². The maximum Gasteiger partial charge on any atom is 0.191 e. The van der Waals surface area contributed by atoms with Crippen LogP contribution in [0.3, 0.4) is 0 Å². The third-order valence-corrected chi connectivity index (χ3v) is 3.76. The van der Waals surface area contributed by atoms with Gasteiger partial charge in [-0.2, -0.15) is 0 Å². The second-order valence-corrected chi connectivity index (χ2v) is 5.84. The smallest absolute Gasteiger partial charge is 0.191 e. The lowest BCUT2D eigenvalue weighted by atomic mass is 10.3. The van der Waals surface area contributed by atoms with E-state index in [1.807, 2.05) is 12.1 Å². The largest absolute Gasteiger partial charge is 0.469 e. The Morgan fingerprint density at radius 1 is 1.29 bits per heavy atom. The van der Waals surface area contributed by atoms with Gasteiger partial charge in [-0.1, -0.05) is 0 Å². The van der Waals surface area contributed by atoms with Crippen LogP contribution in [0.25, 0.3) is 0 Å². The van der Waals surface area contributed by atoms with E-state index in [0.29, 0.717) is 6.54 Å². The van der Waals surface area contributed by atoms with Gasteiger partial charge in [0.05, 0.1) is 12.8 Å². The molecule has 0 aliphatic carbocycles. The fourth-order valence-electron chi connectivity index (χ4n) is 1.83. The number of aryl methyl sites for hydroxylation is 1. The highest BCUT2D eigenvalue weighted by atomic mass is 127. The number of thiophene rings is 1. The molecule has 2 heterocycles. The first-order valence-electron chi connectivity index (χ1n) is 6.88. The van der Waals surface area contributed by atoms with Crippen LogP contribution in [-0.4, -0.2) is 19.0 Å². The molecule has 0 spiro atoms. The Labute approximate surface area is 147 Å². The maximum absolute atomic E-state index is 5.31. The summed E-state index contributed by atoms with van der Waals surface area (Å²) in [5.41, 5.74) is 0. The molecule has 21 heavy (non-hydrogen) atoms. The predicted octanol–water partition coefficient (Wildman–Crippen LogP) is 3.57. The molecular formula is C15H22IN3OS. The first kappa shape index (κ1) is 18.0.